The minimum atomic E-state index is -3.67. The summed E-state index contributed by atoms with van der Waals surface area (Å²) in [5.74, 6) is -0.943. The largest absolute Gasteiger partial charge is 0.294 e. The summed E-state index contributed by atoms with van der Waals surface area (Å²) in [6.07, 6.45) is 3.84. The van der Waals surface area contributed by atoms with Crippen molar-refractivity contribution < 1.29 is 13.2 Å². The first-order valence-electron chi connectivity index (χ1n) is 6.16. The normalized spacial score (nSPS) is 10.9. The van der Waals surface area contributed by atoms with Gasteiger partial charge >= 0.3 is 0 Å². The molecule has 0 spiro atoms. The van der Waals surface area contributed by atoms with Crippen LogP contribution in [0.2, 0.25) is 0 Å². The number of nitrogens with zero attached hydrogens (tertiary/aromatic N) is 2. The number of anilines is 1. The van der Waals surface area contributed by atoms with E-state index in [0.29, 0.717) is 5.69 Å². The molecule has 0 radical (unpaired) electrons. The van der Waals surface area contributed by atoms with Gasteiger partial charge in [0.05, 0.1) is 4.90 Å². The monoisotopic (exact) mass is 302 g/mol. The molecule has 1 aromatic carbocycles. The maximum Gasteiger partial charge on any atom is 0.251 e. The average Bonchev–Trinajstić information content (AvgIpc) is 2.53. The van der Waals surface area contributed by atoms with Crippen LogP contribution in [0.1, 0.15) is 0 Å². The third-order valence-corrected chi connectivity index (χ3v) is 4.36. The number of para-hydroxylation sites is 1. The van der Waals surface area contributed by atoms with Gasteiger partial charge in [0, 0.05) is 18.1 Å². The molecular weight excluding hydrogens is 288 g/mol. The van der Waals surface area contributed by atoms with Gasteiger partial charge in [-0.25, -0.2) is 8.42 Å². The first kappa shape index (κ1) is 14.9. The highest BCUT2D eigenvalue weighted by Crippen LogP contribution is 2.18. The summed E-state index contributed by atoms with van der Waals surface area (Å²) >= 11 is 0. The van der Waals surface area contributed by atoms with E-state index in [1.165, 1.54) is 24.5 Å². The summed E-state index contributed by atoms with van der Waals surface area (Å²) in [6.45, 7) is 3.41. The van der Waals surface area contributed by atoms with Crippen LogP contribution in [0.3, 0.4) is 0 Å². The van der Waals surface area contributed by atoms with Crippen molar-refractivity contribution in [2.24, 2.45) is 0 Å². The Kier molecular flexibility index (Phi) is 4.49. The standard InChI is InChI=1S/C15H14N2O3S/c1-2-15(18)17(13-7-4-3-5-8-13)12-21(19,20)14-9-6-10-16-11-14/h2-11H,1,12H2. The molecule has 0 saturated carbocycles. The van der Waals surface area contributed by atoms with E-state index in [-0.39, 0.29) is 4.90 Å². The zero-order valence-electron chi connectivity index (χ0n) is 11.2. The molecule has 2 aromatic rings. The molecule has 108 valence electrons. The van der Waals surface area contributed by atoms with Gasteiger partial charge in [0.25, 0.3) is 5.91 Å². The fourth-order valence-corrected chi connectivity index (χ4v) is 3.03. The Balaban J connectivity index is 2.36. The number of hydrogen-bond acceptors (Lipinski definition) is 4. The van der Waals surface area contributed by atoms with Crippen molar-refractivity contribution in [3.63, 3.8) is 0 Å². The number of carbonyl (C=O) groups is 1. The number of hydrogen-bond donors (Lipinski definition) is 0. The summed E-state index contributed by atoms with van der Waals surface area (Å²) in [4.78, 5) is 17.0. The number of carbonyl (C=O) groups excluding carboxylic acids is 1. The molecule has 1 heterocycles. The Morgan fingerprint density at radius 3 is 2.48 bits per heavy atom. The second-order valence-electron chi connectivity index (χ2n) is 4.24. The zero-order chi connectivity index (χ0) is 15.3. The van der Waals surface area contributed by atoms with E-state index in [2.05, 4.69) is 11.6 Å². The van der Waals surface area contributed by atoms with Crippen LogP contribution < -0.4 is 4.90 Å². The SMILES string of the molecule is C=CC(=O)N(CS(=O)(=O)c1cccnc1)c1ccccc1. The Morgan fingerprint density at radius 1 is 1.19 bits per heavy atom. The van der Waals surface area contributed by atoms with Crippen molar-refractivity contribution >= 4 is 21.4 Å². The maximum atomic E-state index is 12.4. The second-order valence-corrected chi connectivity index (χ2v) is 6.20. The molecule has 2 rings (SSSR count). The molecule has 0 atom stereocenters. The highest BCUT2D eigenvalue weighted by atomic mass is 32.2. The molecule has 0 fully saturated rings. The lowest BCUT2D eigenvalue weighted by molar-refractivity contribution is -0.114. The van der Waals surface area contributed by atoms with Gasteiger partial charge in [0.1, 0.15) is 5.88 Å². The van der Waals surface area contributed by atoms with Crippen molar-refractivity contribution in [1.82, 2.24) is 4.98 Å². The van der Waals surface area contributed by atoms with E-state index in [9.17, 15) is 13.2 Å². The minimum Gasteiger partial charge on any atom is -0.294 e. The van der Waals surface area contributed by atoms with Crippen LogP contribution in [-0.4, -0.2) is 25.2 Å². The molecule has 0 N–H and O–H groups in total. The molecule has 6 heteroatoms. The van der Waals surface area contributed by atoms with Crippen LogP contribution >= 0.6 is 0 Å². The quantitative estimate of drug-likeness (QED) is 0.793. The molecular formula is C15H14N2O3S. The molecule has 0 aliphatic carbocycles. The Labute approximate surface area is 123 Å². The molecule has 0 aliphatic rings. The van der Waals surface area contributed by atoms with E-state index in [0.717, 1.165) is 11.0 Å². The molecule has 0 unspecified atom stereocenters. The van der Waals surface area contributed by atoms with E-state index in [1.807, 2.05) is 0 Å². The van der Waals surface area contributed by atoms with Crippen molar-refractivity contribution in [2.45, 2.75) is 4.90 Å². The number of benzene rings is 1. The fraction of sp³-hybridized carbons (Fsp3) is 0.0667. The molecule has 0 saturated heterocycles. The topological polar surface area (TPSA) is 67.3 Å². The van der Waals surface area contributed by atoms with Crippen LogP contribution in [0.4, 0.5) is 5.69 Å². The fourth-order valence-electron chi connectivity index (χ4n) is 1.76. The number of aromatic nitrogens is 1. The predicted molar refractivity (Wildman–Crippen MR) is 80.4 cm³/mol. The predicted octanol–water partition coefficient (Wildman–Crippen LogP) is 2.03. The van der Waals surface area contributed by atoms with Gasteiger partial charge < -0.3 is 0 Å². The van der Waals surface area contributed by atoms with Gasteiger partial charge in [-0.15, -0.1) is 0 Å². The first-order chi connectivity index (χ1) is 10.0. The molecule has 1 aromatic heterocycles. The molecule has 1 amide bonds. The van der Waals surface area contributed by atoms with Crippen LogP contribution in [-0.2, 0) is 14.6 Å². The lowest BCUT2D eigenvalue weighted by atomic mass is 10.3. The number of pyridine rings is 1. The van der Waals surface area contributed by atoms with Gasteiger partial charge in [-0.1, -0.05) is 24.8 Å². The summed E-state index contributed by atoms with van der Waals surface area (Å²) in [5, 5.41) is 0. The lowest BCUT2D eigenvalue weighted by Crippen LogP contribution is -2.34. The van der Waals surface area contributed by atoms with Crippen molar-refractivity contribution in [3.8, 4) is 0 Å². The van der Waals surface area contributed by atoms with E-state index in [1.54, 1.807) is 30.3 Å². The molecule has 5 nitrogen and oxygen atoms in total. The average molecular weight is 302 g/mol. The van der Waals surface area contributed by atoms with Gasteiger partial charge in [-0.2, -0.15) is 0 Å². The summed E-state index contributed by atoms with van der Waals surface area (Å²) in [6, 6.07) is 11.6. The lowest BCUT2D eigenvalue weighted by Gasteiger charge is -2.21. The van der Waals surface area contributed by atoms with Crippen molar-refractivity contribution in [3.05, 3.63) is 67.5 Å². The van der Waals surface area contributed by atoms with Crippen LogP contribution in [0.5, 0.6) is 0 Å². The van der Waals surface area contributed by atoms with E-state index < -0.39 is 21.6 Å². The third-order valence-electron chi connectivity index (χ3n) is 2.80. The van der Waals surface area contributed by atoms with E-state index in [4.69, 9.17) is 0 Å². The summed E-state index contributed by atoms with van der Waals surface area (Å²) in [7, 11) is -3.67. The smallest absolute Gasteiger partial charge is 0.251 e. The molecule has 0 aliphatic heterocycles. The number of rotatable bonds is 5. The second kappa shape index (κ2) is 6.32. The molecule has 21 heavy (non-hydrogen) atoms. The minimum absolute atomic E-state index is 0.0720. The Hall–Kier alpha value is -2.47. The Morgan fingerprint density at radius 2 is 1.90 bits per heavy atom. The third kappa shape index (κ3) is 3.55. The van der Waals surface area contributed by atoms with Gasteiger partial charge in [-0.3, -0.25) is 14.7 Å². The Bertz CT molecular complexity index is 728. The van der Waals surface area contributed by atoms with Gasteiger partial charge in [0.15, 0.2) is 9.84 Å². The zero-order valence-corrected chi connectivity index (χ0v) is 12.0. The number of amides is 1. The number of sulfone groups is 1. The van der Waals surface area contributed by atoms with E-state index >= 15 is 0 Å². The summed E-state index contributed by atoms with van der Waals surface area (Å²) in [5.41, 5.74) is 0.495. The van der Waals surface area contributed by atoms with Crippen LogP contribution in [0.15, 0.2) is 72.4 Å². The highest BCUT2D eigenvalue weighted by molar-refractivity contribution is 7.91. The van der Waals surface area contributed by atoms with Gasteiger partial charge in [0.2, 0.25) is 0 Å². The van der Waals surface area contributed by atoms with Crippen molar-refractivity contribution in [1.29, 1.82) is 0 Å². The summed E-state index contributed by atoms with van der Waals surface area (Å²) < 4.78 is 24.7. The van der Waals surface area contributed by atoms with Crippen molar-refractivity contribution in [2.75, 3.05) is 10.8 Å². The van der Waals surface area contributed by atoms with Gasteiger partial charge in [-0.05, 0) is 30.3 Å². The molecule has 0 bridgehead atoms. The maximum absolute atomic E-state index is 12.4. The van der Waals surface area contributed by atoms with Crippen LogP contribution in [0, 0.1) is 0 Å². The first-order valence-corrected chi connectivity index (χ1v) is 7.81. The highest BCUT2D eigenvalue weighted by Gasteiger charge is 2.23. The van der Waals surface area contributed by atoms with Crippen LogP contribution in [0.25, 0.3) is 0 Å².